The zero-order valence-electron chi connectivity index (χ0n) is 17.2. The molecule has 1 aliphatic rings. The molecule has 3 heterocycles. The third-order valence-electron chi connectivity index (χ3n) is 5.54. The van der Waals surface area contributed by atoms with E-state index in [1.807, 2.05) is 6.92 Å². The summed E-state index contributed by atoms with van der Waals surface area (Å²) in [7, 11) is 0. The molecular formula is C22H22FN7O. The average Bonchev–Trinajstić information content (AvgIpc) is 3.38. The zero-order chi connectivity index (χ0) is 22.1. The number of aliphatic imine (C=N–C) groups is 1. The van der Waals surface area contributed by atoms with Gasteiger partial charge in [-0.1, -0.05) is 0 Å². The van der Waals surface area contributed by atoms with Crippen molar-refractivity contribution in [3.8, 4) is 11.3 Å². The zero-order valence-corrected chi connectivity index (χ0v) is 17.2. The molecule has 0 aliphatic heterocycles. The van der Waals surface area contributed by atoms with Gasteiger partial charge in [-0.2, -0.15) is 5.10 Å². The number of nitrogens with two attached hydrogens (primary N) is 1. The van der Waals surface area contributed by atoms with E-state index in [4.69, 9.17) is 5.73 Å². The fourth-order valence-electron chi connectivity index (χ4n) is 3.54. The molecule has 1 amide bonds. The topological polar surface area (TPSA) is 122 Å². The summed E-state index contributed by atoms with van der Waals surface area (Å²) < 4.78 is 15.5. The largest absolute Gasteiger partial charge is 0.383 e. The quantitative estimate of drug-likeness (QED) is 0.530. The molecule has 0 saturated heterocycles. The molecular weight excluding hydrogens is 397 g/mol. The smallest absolute Gasteiger partial charge is 0.229 e. The first-order valence-electron chi connectivity index (χ1n) is 9.75. The highest BCUT2D eigenvalue weighted by Crippen LogP contribution is 2.47. The van der Waals surface area contributed by atoms with E-state index in [2.05, 4.69) is 37.2 Å². The van der Waals surface area contributed by atoms with Gasteiger partial charge in [-0.25, -0.2) is 14.4 Å². The standard InChI is InChI=1S/C22H22FN7O/c1-11-4-5-26-10-17(11)20-19(23)14(12(2)21(24)30-20)7-18(25-3)29-22(31)16-6-15(16)13-8-27-28-9-13/h4-5,7-10,15-16H,3,6H2,1-2H3,(H2,24,30)(H,27,28)(H,29,31)/b18-7+/t15-,16+/m1/s1. The molecule has 0 aromatic carbocycles. The van der Waals surface area contributed by atoms with Crippen LogP contribution in [0.25, 0.3) is 17.3 Å². The Hall–Kier alpha value is -3.88. The minimum atomic E-state index is -0.569. The lowest BCUT2D eigenvalue weighted by atomic mass is 10.0. The fraction of sp³-hybridized carbons (Fsp3) is 0.227. The molecule has 0 radical (unpaired) electrons. The first kappa shape index (κ1) is 20.4. The molecule has 1 saturated carbocycles. The van der Waals surface area contributed by atoms with Crippen LogP contribution in [0.5, 0.6) is 0 Å². The highest BCUT2D eigenvalue weighted by atomic mass is 19.1. The van der Waals surface area contributed by atoms with Crippen LogP contribution in [0.15, 0.2) is 41.7 Å². The molecule has 8 nitrogen and oxygen atoms in total. The normalized spacial score (nSPS) is 18.0. The van der Waals surface area contributed by atoms with Crippen molar-refractivity contribution < 1.29 is 9.18 Å². The summed E-state index contributed by atoms with van der Waals surface area (Å²) in [6, 6.07) is 1.77. The molecule has 4 rings (SSSR count). The average molecular weight is 419 g/mol. The molecule has 9 heteroatoms. The molecule has 3 aromatic rings. The Labute approximate surface area is 178 Å². The van der Waals surface area contributed by atoms with Crippen LogP contribution in [0.2, 0.25) is 0 Å². The van der Waals surface area contributed by atoms with Gasteiger partial charge in [-0.15, -0.1) is 0 Å². The Kier molecular flexibility index (Phi) is 5.33. The second kappa shape index (κ2) is 8.10. The lowest BCUT2D eigenvalue weighted by Gasteiger charge is -2.13. The third kappa shape index (κ3) is 3.94. The van der Waals surface area contributed by atoms with E-state index in [0.29, 0.717) is 11.1 Å². The number of H-pyrrole nitrogens is 1. The summed E-state index contributed by atoms with van der Waals surface area (Å²) in [6.45, 7) is 7.01. The number of hydrogen-bond acceptors (Lipinski definition) is 6. The summed E-state index contributed by atoms with van der Waals surface area (Å²) in [4.78, 5) is 24.8. The highest BCUT2D eigenvalue weighted by molar-refractivity contribution is 5.85. The highest BCUT2D eigenvalue weighted by Gasteiger charge is 2.44. The number of nitrogens with zero attached hydrogens (tertiary/aromatic N) is 4. The maximum absolute atomic E-state index is 15.5. The van der Waals surface area contributed by atoms with E-state index in [0.717, 1.165) is 17.5 Å². The van der Waals surface area contributed by atoms with E-state index in [1.165, 1.54) is 6.08 Å². The predicted octanol–water partition coefficient (Wildman–Crippen LogP) is 3.12. The van der Waals surface area contributed by atoms with E-state index in [1.54, 1.807) is 37.8 Å². The van der Waals surface area contributed by atoms with Gasteiger partial charge in [0, 0.05) is 41.2 Å². The first-order chi connectivity index (χ1) is 14.9. The van der Waals surface area contributed by atoms with Crippen molar-refractivity contribution in [2.24, 2.45) is 10.9 Å². The number of nitrogen functional groups attached to an aromatic ring is 1. The Morgan fingerprint density at radius 2 is 2.23 bits per heavy atom. The van der Waals surface area contributed by atoms with Crippen LogP contribution in [0.3, 0.4) is 0 Å². The summed E-state index contributed by atoms with van der Waals surface area (Å²) in [5.41, 5.74) is 9.13. The second-order valence-corrected chi connectivity index (χ2v) is 7.55. The van der Waals surface area contributed by atoms with Crippen LogP contribution in [0.4, 0.5) is 10.2 Å². The Morgan fingerprint density at radius 3 is 2.90 bits per heavy atom. The van der Waals surface area contributed by atoms with Gasteiger partial charge < -0.3 is 11.1 Å². The van der Waals surface area contributed by atoms with Crippen molar-refractivity contribution in [2.45, 2.75) is 26.2 Å². The summed E-state index contributed by atoms with van der Waals surface area (Å²) in [5, 5.41) is 9.40. The summed E-state index contributed by atoms with van der Waals surface area (Å²) >= 11 is 0. The number of nitrogens with one attached hydrogen (secondary N) is 2. The molecule has 1 aliphatic carbocycles. The van der Waals surface area contributed by atoms with Crippen molar-refractivity contribution in [3.63, 3.8) is 0 Å². The summed E-state index contributed by atoms with van der Waals surface area (Å²) in [5.74, 6) is -0.522. The van der Waals surface area contributed by atoms with E-state index >= 15 is 4.39 Å². The van der Waals surface area contributed by atoms with Crippen molar-refractivity contribution in [1.29, 1.82) is 0 Å². The molecule has 3 aromatic heterocycles. The number of aromatic nitrogens is 4. The van der Waals surface area contributed by atoms with Gasteiger partial charge in [0.25, 0.3) is 0 Å². The van der Waals surface area contributed by atoms with Gasteiger partial charge in [0.1, 0.15) is 17.3 Å². The predicted molar refractivity (Wildman–Crippen MR) is 116 cm³/mol. The molecule has 0 unspecified atom stereocenters. The Bertz CT molecular complexity index is 1190. The minimum absolute atomic E-state index is 0.0944. The number of amides is 1. The van der Waals surface area contributed by atoms with Crippen LogP contribution >= 0.6 is 0 Å². The number of aromatic amines is 1. The van der Waals surface area contributed by atoms with Crippen molar-refractivity contribution in [1.82, 2.24) is 25.5 Å². The summed E-state index contributed by atoms with van der Waals surface area (Å²) in [6.07, 6.45) is 8.80. The van der Waals surface area contributed by atoms with Crippen molar-refractivity contribution in [3.05, 3.63) is 64.7 Å². The van der Waals surface area contributed by atoms with Gasteiger partial charge in [-0.3, -0.25) is 14.9 Å². The van der Waals surface area contributed by atoms with Gasteiger partial charge in [0.15, 0.2) is 5.82 Å². The second-order valence-electron chi connectivity index (χ2n) is 7.55. The Balaban J connectivity index is 1.64. The Morgan fingerprint density at radius 1 is 1.42 bits per heavy atom. The van der Waals surface area contributed by atoms with Crippen LogP contribution in [-0.2, 0) is 4.79 Å². The number of anilines is 1. The number of pyridine rings is 2. The number of halogens is 1. The number of carbonyl (C=O) groups excluding carboxylic acids is 1. The maximum Gasteiger partial charge on any atom is 0.229 e. The van der Waals surface area contributed by atoms with Gasteiger partial charge in [0.2, 0.25) is 5.91 Å². The van der Waals surface area contributed by atoms with Gasteiger partial charge >= 0.3 is 0 Å². The van der Waals surface area contributed by atoms with Crippen LogP contribution in [-0.4, -0.2) is 32.8 Å². The van der Waals surface area contributed by atoms with Gasteiger partial charge in [-0.05, 0) is 56.2 Å². The lowest BCUT2D eigenvalue weighted by molar-refractivity contribution is -0.121. The van der Waals surface area contributed by atoms with Crippen LogP contribution in [0.1, 0.15) is 34.6 Å². The maximum atomic E-state index is 15.5. The van der Waals surface area contributed by atoms with Crippen molar-refractivity contribution >= 4 is 24.5 Å². The number of carbonyl (C=O) groups is 1. The third-order valence-corrected chi connectivity index (χ3v) is 5.54. The molecule has 158 valence electrons. The molecule has 4 N–H and O–H groups in total. The molecule has 0 spiro atoms. The minimum Gasteiger partial charge on any atom is -0.383 e. The number of aryl methyl sites for hydroxylation is 1. The van der Waals surface area contributed by atoms with Crippen LogP contribution < -0.4 is 11.1 Å². The number of rotatable bonds is 6. The molecule has 0 bridgehead atoms. The monoisotopic (exact) mass is 419 g/mol. The first-order valence-corrected chi connectivity index (χ1v) is 9.75. The van der Waals surface area contributed by atoms with Gasteiger partial charge in [0.05, 0.1) is 6.20 Å². The van der Waals surface area contributed by atoms with E-state index in [9.17, 15) is 4.79 Å². The fourth-order valence-corrected chi connectivity index (χ4v) is 3.54. The van der Waals surface area contributed by atoms with Crippen molar-refractivity contribution in [2.75, 3.05) is 5.73 Å². The lowest BCUT2D eigenvalue weighted by Crippen LogP contribution is -2.24. The molecule has 31 heavy (non-hydrogen) atoms. The number of hydrogen-bond donors (Lipinski definition) is 3. The molecule has 1 fully saturated rings. The van der Waals surface area contributed by atoms with E-state index < -0.39 is 5.82 Å². The van der Waals surface area contributed by atoms with Crippen LogP contribution in [0, 0.1) is 25.6 Å². The molecule has 2 atom stereocenters. The van der Waals surface area contributed by atoms with E-state index in [-0.39, 0.29) is 40.6 Å². The SMILES string of the molecule is C=N/C(=C\c1c(C)c(N)nc(-c2cnccc2C)c1F)NC(=O)[C@H]1C[C@@H]1c1cn[nH]c1.